The minimum Gasteiger partial charge on any atom is -0.434 e. The number of hydrogen-bond acceptors (Lipinski definition) is 8. The Labute approximate surface area is 267 Å². The van der Waals surface area contributed by atoms with Gasteiger partial charge in [-0.1, -0.05) is 56.3 Å². The number of aromatic nitrogens is 1. The number of carbonyl (C=O) groups excluding carboxylic acids is 2. The third-order valence-corrected chi connectivity index (χ3v) is 10.3. The molecule has 0 aliphatic carbocycles. The molecule has 2 amide bonds. The highest BCUT2D eigenvalue weighted by molar-refractivity contribution is 7.89. The molecule has 1 saturated heterocycles. The highest BCUT2D eigenvalue weighted by atomic mass is 32.2. The maximum absolute atomic E-state index is 13.9. The lowest BCUT2D eigenvalue weighted by molar-refractivity contribution is -0.129. The van der Waals surface area contributed by atoms with E-state index in [9.17, 15) is 23.1 Å². The van der Waals surface area contributed by atoms with E-state index in [0.29, 0.717) is 5.69 Å². The van der Waals surface area contributed by atoms with E-state index in [4.69, 9.17) is 4.74 Å². The van der Waals surface area contributed by atoms with Crippen LogP contribution in [0.3, 0.4) is 0 Å². The van der Waals surface area contributed by atoms with E-state index in [-0.39, 0.29) is 36.9 Å². The molecule has 12 heteroatoms. The quantitative estimate of drug-likeness (QED) is 0.228. The Morgan fingerprint density at radius 2 is 1.84 bits per heavy atom. The first-order valence-corrected chi connectivity index (χ1v) is 17.1. The first-order chi connectivity index (χ1) is 21.4. The number of rotatable bonds is 12. The third kappa shape index (κ3) is 7.70. The van der Waals surface area contributed by atoms with Gasteiger partial charge in [-0.25, -0.2) is 18.2 Å². The number of hydrogen-bond donors (Lipinski definition) is 2. The number of aliphatic hydroxyl groups is 1. The van der Waals surface area contributed by atoms with Crippen LogP contribution < -0.4 is 10.2 Å². The van der Waals surface area contributed by atoms with E-state index in [1.807, 2.05) is 76.2 Å². The Morgan fingerprint density at radius 3 is 2.56 bits per heavy atom. The van der Waals surface area contributed by atoms with Gasteiger partial charge in [0.05, 0.1) is 38.8 Å². The summed E-state index contributed by atoms with van der Waals surface area (Å²) in [5.41, 5.74) is 3.15. The SMILES string of the molecule is Cc1cccc(N2C[C@@H](C(=O)N[C@@H](Cc3ccccc3)[C@H](O)CN(CC(C)C)S(=O)(=O)c3ccc4nc(C)sc4c3)OC2=O)c1. The van der Waals surface area contributed by atoms with Crippen molar-refractivity contribution in [1.29, 1.82) is 0 Å². The molecule has 0 saturated carbocycles. The van der Waals surface area contributed by atoms with E-state index in [2.05, 4.69) is 10.3 Å². The Bertz CT molecular complexity index is 1780. The summed E-state index contributed by atoms with van der Waals surface area (Å²) < 4.78 is 35.4. The van der Waals surface area contributed by atoms with Crippen LogP contribution in [-0.4, -0.2) is 72.7 Å². The van der Waals surface area contributed by atoms with Crippen LogP contribution in [0, 0.1) is 19.8 Å². The van der Waals surface area contributed by atoms with Crippen LogP contribution in [0.15, 0.2) is 77.7 Å². The third-order valence-electron chi connectivity index (χ3n) is 7.57. The molecule has 0 radical (unpaired) electrons. The second kappa shape index (κ2) is 13.7. The topological polar surface area (TPSA) is 129 Å². The lowest BCUT2D eigenvalue weighted by Crippen LogP contribution is -2.53. The number of nitrogens with zero attached hydrogens (tertiary/aromatic N) is 3. The summed E-state index contributed by atoms with van der Waals surface area (Å²) >= 11 is 1.42. The van der Waals surface area contributed by atoms with Crippen LogP contribution in [0.2, 0.25) is 0 Å². The van der Waals surface area contributed by atoms with Crippen molar-refractivity contribution in [1.82, 2.24) is 14.6 Å². The van der Waals surface area contributed by atoms with Crippen molar-refractivity contribution in [3.63, 3.8) is 0 Å². The summed E-state index contributed by atoms with van der Waals surface area (Å²) in [4.78, 5) is 32.1. The van der Waals surface area contributed by atoms with Crippen molar-refractivity contribution >= 4 is 49.3 Å². The molecule has 2 heterocycles. The van der Waals surface area contributed by atoms with Crippen molar-refractivity contribution < 1.29 is 27.9 Å². The number of fused-ring (bicyclic) bond motifs is 1. The zero-order valence-corrected chi connectivity index (χ0v) is 27.3. The van der Waals surface area contributed by atoms with Crippen LogP contribution in [0.5, 0.6) is 0 Å². The maximum Gasteiger partial charge on any atom is 0.415 e. The number of aryl methyl sites for hydroxylation is 2. The molecule has 5 rings (SSSR count). The van der Waals surface area contributed by atoms with Gasteiger partial charge < -0.3 is 15.2 Å². The number of cyclic esters (lactones) is 1. The van der Waals surface area contributed by atoms with E-state index in [1.165, 1.54) is 26.6 Å². The van der Waals surface area contributed by atoms with Gasteiger partial charge in [-0.15, -0.1) is 11.3 Å². The van der Waals surface area contributed by atoms with Crippen LogP contribution in [-0.2, 0) is 26.0 Å². The predicted molar refractivity (Wildman–Crippen MR) is 175 cm³/mol. The first kappa shape index (κ1) is 32.6. The lowest BCUT2D eigenvalue weighted by Gasteiger charge is -2.31. The Morgan fingerprint density at radius 1 is 1.09 bits per heavy atom. The van der Waals surface area contributed by atoms with Crippen molar-refractivity contribution in [3.8, 4) is 0 Å². The molecule has 1 aliphatic heterocycles. The van der Waals surface area contributed by atoms with Crippen molar-refractivity contribution in [3.05, 3.63) is 88.9 Å². The fourth-order valence-electron chi connectivity index (χ4n) is 5.38. The summed E-state index contributed by atoms with van der Waals surface area (Å²) in [6.07, 6.45) is -2.78. The minimum absolute atomic E-state index is 0.00958. The van der Waals surface area contributed by atoms with E-state index >= 15 is 0 Å². The minimum atomic E-state index is -4.01. The largest absolute Gasteiger partial charge is 0.434 e. The molecule has 45 heavy (non-hydrogen) atoms. The Balaban J connectivity index is 1.37. The van der Waals surface area contributed by atoms with Gasteiger partial charge in [0.25, 0.3) is 5.91 Å². The summed E-state index contributed by atoms with van der Waals surface area (Å²) in [6.45, 7) is 7.51. The van der Waals surface area contributed by atoms with Crippen LogP contribution in [0.4, 0.5) is 10.5 Å². The van der Waals surface area contributed by atoms with Crippen molar-refractivity contribution in [2.45, 2.75) is 57.3 Å². The number of amides is 2. The highest BCUT2D eigenvalue weighted by Gasteiger charge is 2.39. The Kier molecular flexibility index (Phi) is 9.88. The predicted octanol–water partition coefficient (Wildman–Crippen LogP) is 4.67. The second-order valence-corrected chi connectivity index (χ2v) is 14.9. The standard InChI is InChI=1S/C33H38N4O6S2/c1-21(2)18-36(45(41,42)26-13-14-27-31(17-26)44-23(4)34-27)19-29(38)28(16-24-10-6-5-7-11-24)35-32(39)30-20-37(33(40)43-30)25-12-8-9-22(3)15-25/h5-15,17,21,28-30,38H,16,18-20H2,1-4H3,(H,35,39)/t28-,29+,30-/m0/s1. The molecule has 0 spiro atoms. The number of anilines is 1. The van der Waals surface area contributed by atoms with Gasteiger partial charge in [0.15, 0.2) is 6.10 Å². The molecule has 3 aromatic carbocycles. The maximum atomic E-state index is 13.9. The smallest absolute Gasteiger partial charge is 0.415 e. The first-order valence-electron chi connectivity index (χ1n) is 14.8. The number of aliphatic hydroxyl groups excluding tert-OH is 1. The van der Waals surface area contributed by atoms with Crippen LogP contribution in [0.1, 0.15) is 30.0 Å². The molecule has 0 unspecified atom stereocenters. The number of benzene rings is 3. The molecule has 1 aromatic heterocycles. The highest BCUT2D eigenvalue weighted by Crippen LogP contribution is 2.27. The van der Waals surface area contributed by atoms with Gasteiger partial charge in [0, 0.05) is 18.8 Å². The molecule has 238 valence electrons. The summed E-state index contributed by atoms with van der Waals surface area (Å²) in [5.74, 6) is -0.600. The van der Waals surface area contributed by atoms with Gasteiger partial charge in [-0.05, 0) is 67.6 Å². The van der Waals surface area contributed by atoms with Gasteiger partial charge in [0.2, 0.25) is 10.0 Å². The molecular formula is C33H38N4O6S2. The molecule has 1 fully saturated rings. The van der Waals surface area contributed by atoms with Gasteiger partial charge in [-0.3, -0.25) is 9.69 Å². The van der Waals surface area contributed by atoms with E-state index in [1.54, 1.807) is 18.2 Å². The summed E-state index contributed by atoms with van der Waals surface area (Å²) in [7, 11) is -4.01. The van der Waals surface area contributed by atoms with Crippen LogP contribution in [0.25, 0.3) is 10.2 Å². The number of ether oxygens (including phenoxy) is 1. The molecule has 0 bridgehead atoms. The fraction of sp³-hybridized carbons (Fsp3) is 0.364. The molecule has 2 N–H and O–H groups in total. The van der Waals surface area contributed by atoms with Crippen molar-refractivity contribution in [2.24, 2.45) is 5.92 Å². The Hall–Kier alpha value is -3.84. The summed E-state index contributed by atoms with van der Waals surface area (Å²) in [6, 6.07) is 20.6. The zero-order valence-electron chi connectivity index (χ0n) is 25.7. The normalized spacial score (nSPS) is 16.7. The summed E-state index contributed by atoms with van der Waals surface area (Å²) in [5, 5.41) is 15.3. The second-order valence-electron chi connectivity index (χ2n) is 11.8. The van der Waals surface area contributed by atoms with E-state index in [0.717, 1.165) is 26.4 Å². The molecule has 10 nitrogen and oxygen atoms in total. The monoisotopic (exact) mass is 650 g/mol. The average molecular weight is 651 g/mol. The number of nitrogens with one attached hydrogen (secondary N) is 1. The van der Waals surface area contributed by atoms with Gasteiger partial charge in [0.1, 0.15) is 0 Å². The van der Waals surface area contributed by atoms with Crippen molar-refractivity contribution in [2.75, 3.05) is 24.5 Å². The number of carbonyl (C=O) groups is 2. The molecule has 4 aromatic rings. The van der Waals surface area contributed by atoms with Gasteiger partial charge in [-0.2, -0.15) is 4.31 Å². The fourth-order valence-corrected chi connectivity index (χ4v) is 7.97. The number of sulfonamides is 1. The molecule has 1 aliphatic rings. The number of thiazole rings is 1. The zero-order chi connectivity index (χ0) is 32.3. The van der Waals surface area contributed by atoms with Crippen LogP contribution >= 0.6 is 11.3 Å². The van der Waals surface area contributed by atoms with Gasteiger partial charge >= 0.3 is 6.09 Å². The lowest BCUT2D eigenvalue weighted by atomic mass is 10.0. The molecular weight excluding hydrogens is 613 g/mol. The van der Waals surface area contributed by atoms with E-state index < -0.39 is 40.3 Å². The average Bonchev–Trinajstić information content (AvgIpc) is 3.57. The molecule has 3 atom stereocenters.